The number of carbonyl (C=O) groups excluding carboxylic acids is 1. The molecule has 2 aromatic carbocycles. The van der Waals surface area contributed by atoms with E-state index in [4.69, 9.17) is 5.73 Å². The molecule has 0 aliphatic rings. The summed E-state index contributed by atoms with van der Waals surface area (Å²) in [6.07, 6.45) is -1.48. The van der Waals surface area contributed by atoms with Gasteiger partial charge in [-0.1, -0.05) is 12.1 Å². The minimum absolute atomic E-state index is 0.0556. The van der Waals surface area contributed by atoms with Gasteiger partial charge in [-0.15, -0.1) is 18.3 Å². The Morgan fingerprint density at radius 1 is 1.11 bits per heavy atom. The largest absolute Gasteiger partial charge is 0.573 e. The van der Waals surface area contributed by atoms with E-state index >= 15 is 0 Å². The van der Waals surface area contributed by atoms with Crippen molar-refractivity contribution in [3.8, 4) is 33.8 Å². The lowest BCUT2D eigenvalue weighted by molar-refractivity contribution is -0.274. The Hall–Kier alpha value is -4.87. The first kappa shape index (κ1) is 23.9. The summed E-state index contributed by atoms with van der Waals surface area (Å²) >= 11 is 0. The predicted molar refractivity (Wildman–Crippen MR) is 131 cm³/mol. The number of carbonyl (C=O) groups is 1. The van der Waals surface area contributed by atoms with Crippen molar-refractivity contribution in [2.75, 3.05) is 11.1 Å². The number of halogens is 3. The van der Waals surface area contributed by atoms with Crippen molar-refractivity contribution in [1.29, 1.82) is 0 Å². The maximum Gasteiger partial charge on any atom is 0.573 e. The normalized spacial score (nSPS) is 11.6. The summed E-state index contributed by atoms with van der Waals surface area (Å²) in [5, 5.41) is 11.4. The molecule has 3 heterocycles. The van der Waals surface area contributed by atoms with Crippen LogP contribution in [0.5, 0.6) is 5.75 Å². The number of nitrogens with two attached hydrogens (primary N) is 1. The van der Waals surface area contributed by atoms with Gasteiger partial charge in [0.25, 0.3) is 0 Å². The second-order valence-corrected chi connectivity index (χ2v) is 8.22. The van der Waals surface area contributed by atoms with Crippen molar-refractivity contribution >= 4 is 23.2 Å². The highest BCUT2D eigenvalue weighted by atomic mass is 19.4. The van der Waals surface area contributed by atoms with Crippen LogP contribution in [-0.2, 0) is 4.79 Å². The third-order valence-electron chi connectivity index (χ3n) is 5.59. The van der Waals surface area contributed by atoms with E-state index in [1.54, 1.807) is 35.3 Å². The maximum absolute atomic E-state index is 12.9. The van der Waals surface area contributed by atoms with E-state index in [1.165, 1.54) is 29.6 Å². The number of aromatic nitrogens is 5. The summed E-state index contributed by atoms with van der Waals surface area (Å²) in [7, 11) is 0. The molecule has 9 nitrogen and oxygen atoms in total. The Labute approximate surface area is 208 Å². The zero-order valence-electron chi connectivity index (χ0n) is 19.6. The first-order valence-electron chi connectivity index (χ1n) is 11.0. The molecular weight excluding hydrogens is 487 g/mol. The van der Waals surface area contributed by atoms with Crippen LogP contribution in [0.3, 0.4) is 0 Å². The average molecular weight is 507 g/mol. The van der Waals surface area contributed by atoms with Crippen LogP contribution in [0.15, 0.2) is 67.0 Å². The molecule has 3 N–H and O–H groups in total. The molecule has 0 spiro atoms. The molecule has 37 heavy (non-hydrogen) atoms. The molecule has 5 aromatic rings. The molecule has 0 atom stereocenters. The van der Waals surface area contributed by atoms with Gasteiger partial charge in [-0.2, -0.15) is 10.1 Å². The van der Waals surface area contributed by atoms with Crippen LogP contribution in [0.4, 0.5) is 24.8 Å². The third kappa shape index (κ3) is 4.81. The van der Waals surface area contributed by atoms with Gasteiger partial charge in [-0.05, 0) is 60.5 Å². The van der Waals surface area contributed by atoms with E-state index in [2.05, 4.69) is 25.2 Å². The number of benzene rings is 2. The smallest absolute Gasteiger partial charge is 0.406 e. The van der Waals surface area contributed by atoms with Crippen molar-refractivity contribution in [3.63, 3.8) is 0 Å². The SMILES string of the molecule is CC(=O)Nc1nc2c(-c3cccc(OC(F)(F)F)c3)c(C)c(-c3ccnn3-c3ccc(N)cc3)cn2n1. The third-order valence-corrected chi connectivity index (χ3v) is 5.59. The number of alkyl halides is 3. The van der Waals surface area contributed by atoms with Gasteiger partial charge in [-0.3, -0.25) is 10.1 Å². The fraction of sp³-hybridized carbons (Fsp3) is 0.120. The summed E-state index contributed by atoms with van der Waals surface area (Å²) in [6.45, 7) is 3.15. The van der Waals surface area contributed by atoms with Crippen LogP contribution in [0.2, 0.25) is 0 Å². The highest BCUT2D eigenvalue weighted by Gasteiger charge is 2.31. The molecule has 0 aliphatic carbocycles. The van der Waals surface area contributed by atoms with Gasteiger partial charge >= 0.3 is 6.36 Å². The quantitative estimate of drug-likeness (QED) is 0.324. The number of rotatable bonds is 5. The molecule has 1 amide bonds. The summed E-state index contributed by atoms with van der Waals surface area (Å²) < 4.78 is 46.0. The molecule has 0 saturated heterocycles. The van der Waals surface area contributed by atoms with Gasteiger partial charge < -0.3 is 10.5 Å². The molecule has 0 radical (unpaired) electrons. The van der Waals surface area contributed by atoms with Gasteiger partial charge in [-0.25, -0.2) is 9.20 Å². The second kappa shape index (κ2) is 8.97. The molecule has 188 valence electrons. The molecule has 0 saturated carbocycles. The molecule has 0 bridgehead atoms. The van der Waals surface area contributed by atoms with Gasteiger partial charge in [0.1, 0.15) is 5.75 Å². The van der Waals surface area contributed by atoms with Crippen LogP contribution >= 0.6 is 0 Å². The van der Waals surface area contributed by atoms with Gasteiger partial charge in [0, 0.05) is 29.9 Å². The average Bonchev–Trinajstić information content (AvgIpc) is 3.44. The summed E-state index contributed by atoms with van der Waals surface area (Å²) in [4.78, 5) is 16.1. The van der Waals surface area contributed by atoms with Crippen molar-refractivity contribution in [3.05, 3.63) is 72.6 Å². The lowest BCUT2D eigenvalue weighted by Crippen LogP contribution is -2.17. The van der Waals surface area contributed by atoms with E-state index in [1.807, 2.05) is 25.1 Å². The summed E-state index contributed by atoms with van der Waals surface area (Å²) in [5.41, 5.74) is 10.6. The van der Waals surface area contributed by atoms with Crippen molar-refractivity contribution < 1.29 is 22.7 Å². The first-order valence-corrected chi connectivity index (χ1v) is 11.0. The van der Waals surface area contributed by atoms with E-state index in [-0.39, 0.29) is 17.6 Å². The Bertz CT molecular complexity index is 1620. The minimum Gasteiger partial charge on any atom is -0.406 e. The first-order chi connectivity index (χ1) is 17.6. The molecular formula is C25H20F3N7O2. The lowest BCUT2D eigenvalue weighted by atomic mass is 9.96. The summed E-state index contributed by atoms with van der Waals surface area (Å²) in [6, 6.07) is 14.6. The van der Waals surface area contributed by atoms with Gasteiger partial charge in [0.15, 0.2) is 5.65 Å². The van der Waals surface area contributed by atoms with Crippen LogP contribution in [0.25, 0.3) is 33.7 Å². The highest BCUT2D eigenvalue weighted by molar-refractivity contribution is 5.90. The number of ether oxygens (including phenoxy) is 1. The number of pyridine rings is 1. The number of hydrogen-bond acceptors (Lipinski definition) is 6. The molecule has 12 heteroatoms. The molecule has 5 rings (SSSR count). The highest BCUT2D eigenvalue weighted by Crippen LogP contribution is 2.37. The van der Waals surface area contributed by atoms with Crippen LogP contribution in [0.1, 0.15) is 12.5 Å². The fourth-order valence-corrected chi connectivity index (χ4v) is 4.10. The maximum atomic E-state index is 12.9. The van der Waals surface area contributed by atoms with Gasteiger partial charge in [0.2, 0.25) is 11.9 Å². The Balaban J connectivity index is 1.74. The van der Waals surface area contributed by atoms with Crippen molar-refractivity contribution in [1.82, 2.24) is 24.4 Å². The zero-order chi connectivity index (χ0) is 26.3. The summed E-state index contributed by atoms with van der Waals surface area (Å²) in [5.74, 6) is -0.682. The zero-order valence-corrected chi connectivity index (χ0v) is 19.6. The Kier molecular flexibility index (Phi) is 5.78. The van der Waals surface area contributed by atoms with Crippen molar-refractivity contribution in [2.24, 2.45) is 0 Å². The number of nitrogens with zero attached hydrogens (tertiary/aromatic N) is 5. The number of amides is 1. The Morgan fingerprint density at radius 3 is 2.57 bits per heavy atom. The molecule has 0 unspecified atom stereocenters. The second-order valence-electron chi connectivity index (χ2n) is 8.22. The van der Waals surface area contributed by atoms with Crippen LogP contribution in [0, 0.1) is 6.92 Å². The van der Waals surface area contributed by atoms with E-state index in [0.29, 0.717) is 39.3 Å². The lowest BCUT2D eigenvalue weighted by Gasteiger charge is -2.16. The molecule has 3 aromatic heterocycles. The predicted octanol–water partition coefficient (Wildman–Crippen LogP) is 5.00. The molecule has 0 fully saturated rings. The monoisotopic (exact) mass is 507 g/mol. The number of anilines is 2. The van der Waals surface area contributed by atoms with E-state index < -0.39 is 6.36 Å². The topological polar surface area (TPSA) is 112 Å². The van der Waals surface area contributed by atoms with Crippen LogP contribution in [-0.4, -0.2) is 36.6 Å². The van der Waals surface area contributed by atoms with Crippen LogP contribution < -0.4 is 15.8 Å². The van der Waals surface area contributed by atoms with E-state index in [9.17, 15) is 18.0 Å². The van der Waals surface area contributed by atoms with Crippen molar-refractivity contribution in [2.45, 2.75) is 20.2 Å². The van der Waals surface area contributed by atoms with E-state index in [0.717, 1.165) is 5.69 Å². The molecule has 0 aliphatic heterocycles. The number of nitrogen functional groups attached to an aromatic ring is 1. The number of hydrogen-bond donors (Lipinski definition) is 2. The minimum atomic E-state index is -4.84. The Morgan fingerprint density at radius 2 is 1.86 bits per heavy atom. The number of fused-ring (bicyclic) bond motifs is 1. The number of nitrogens with one attached hydrogen (secondary N) is 1. The fourth-order valence-electron chi connectivity index (χ4n) is 4.10. The van der Waals surface area contributed by atoms with Gasteiger partial charge in [0.05, 0.1) is 17.6 Å². The standard InChI is InChI=1S/C25H20F3N7O2/c1-14-20(21-10-11-30-35(21)18-8-6-17(29)7-9-18)13-34-23(32-24(33-34)31-15(2)36)22(14)16-4-3-5-19(12-16)37-25(26,27)28/h3-13H,29H2,1-2H3,(H,31,33,36).